The fraction of sp³-hybridized carbons (Fsp3) is 0.250. The molecule has 0 bridgehead atoms. The zero-order valence-corrected chi connectivity index (χ0v) is 14.6. The minimum Gasteiger partial charge on any atom is -0.343 e. The molecule has 6 nitrogen and oxygen atoms in total. The van der Waals surface area contributed by atoms with Crippen molar-refractivity contribution in [3.63, 3.8) is 0 Å². The molecule has 2 aromatic carbocycles. The molecule has 0 unspecified atom stereocenters. The third-order valence-electron chi connectivity index (χ3n) is 4.20. The Hall–Kier alpha value is -3.15. The third kappa shape index (κ3) is 4.27. The van der Waals surface area contributed by atoms with E-state index in [-0.39, 0.29) is 24.3 Å². The number of aryl methyl sites for hydroxylation is 1. The highest BCUT2D eigenvalue weighted by molar-refractivity contribution is 6.00. The average Bonchev–Trinajstić information content (AvgIpc) is 3.06. The highest BCUT2D eigenvalue weighted by Gasteiger charge is 2.21. The van der Waals surface area contributed by atoms with Gasteiger partial charge in [0.05, 0.1) is 6.54 Å². The molecule has 3 amide bonds. The Morgan fingerprint density at radius 3 is 2.65 bits per heavy atom. The van der Waals surface area contributed by atoms with Gasteiger partial charge in [0.2, 0.25) is 11.8 Å². The van der Waals surface area contributed by atoms with E-state index < -0.39 is 0 Å². The molecule has 26 heavy (non-hydrogen) atoms. The van der Waals surface area contributed by atoms with Crippen molar-refractivity contribution in [2.75, 3.05) is 23.3 Å². The fourth-order valence-electron chi connectivity index (χ4n) is 2.93. The molecule has 134 valence electrons. The van der Waals surface area contributed by atoms with Gasteiger partial charge in [-0.1, -0.05) is 23.8 Å². The van der Waals surface area contributed by atoms with E-state index in [1.165, 1.54) is 0 Å². The van der Waals surface area contributed by atoms with Crippen molar-refractivity contribution in [1.29, 1.82) is 0 Å². The summed E-state index contributed by atoms with van der Waals surface area (Å²) in [4.78, 5) is 37.7. The summed E-state index contributed by atoms with van der Waals surface area (Å²) in [7, 11) is 0. The summed E-state index contributed by atoms with van der Waals surface area (Å²) in [6.45, 7) is 2.48. The molecule has 0 aromatic heterocycles. The summed E-state index contributed by atoms with van der Waals surface area (Å²) in [5, 5.41) is 5.35. The molecule has 0 radical (unpaired) electrons. The molecule has 1 fully saturated rings. The van der Waals surface area contributed by atoms with Gasteiger partial charge in [-0.25, -0.2) is 0 Å². The maximum absolute atomic E-state index is 12.1. The van der Waals surface area contributed by atoms with E-state index >= 15 is 0 Å². The number of hydrogen-bond acceptors (Lipinski definition) is 3. The van der Waals surface area contributed by atoms with Crippen molar-refractivity contribution in [3.05, 3.63) is 59.7 Å². The second kappa shape index (κ2) is 7.82. The molecular formula is C20H21N3O3. The maximum atomic E-state index is 12.1. The van der Waals surface area contributed by atoms with Gasteiger partial charge < -0.3 is 15.5 Å². The highest BCUT2D eigenvalue weighted by atomic mass is 16.2. The van der Waals surface area contributed by atoms with Gasteiger partial charge in [-0.3, -0.25) is 14.4 Å². The lowest BCUT2D eigenvalue weighted by Crippen LogP contribution is -2.33. The summed E-state index contributed by atoms with van der Waals surface area (Å²) >= 11 is 0. The van der Waals surface area contributed by atoms with Crippen molar-refractivity contribution in [3.8, 4) is 0 Å². The highest BCUT2D eigenvalue weighted by Crippen LogP contribution is 2.24. The number of nitrogens with zero attached hydrogens (tertiary/aromatic N) is 1. The van der Waals surface area contributed by atoms with E-state index in [1.54, 1.807) is 41.3 Å². The minimum atomic E-state index is -0.323. The number of rotatable bonds is 5. The van der Waals surface area contributed by atoms with Crippen LogP contribution in [0, 0.1) is 6.92 Å². The van der Waals surface area contributed by atoms with Crippen LogP contribution in [0.1, 0.15) is 28.8 Å². The quantitative estimate of drug-likeness (QED) is 0.869. The predicted octanol–water partition coefficient (Wildman–Crippen LogP) is 2.49. The summed E-state index contributed by atoms with van der Waals surface area (Å²) in [5.74, 6) is -0.518. The maximum Gasteiger partial charge on any atom is 0.251 e. The zero-order chi connectivity index (χ0) is 18.5. The first-order chi connectivity index (χ1) is 12.5. The van der Waals surface area contributed by atoms with Gasteiger partial charge in [0.15, 0.2) is 0 Å². The Kier molecular flexibility index (Phi) is 5.31. The van der Waals surface area contributed by atoms with E-state index in [1.807, 2.05) is 19.1 Å². The number of carbonyl (C=O) groups excluding carboxylic acids is 3. The van der Waals surface area contributed by atoms with Gasteiger partial charge in [-0.15, -0.1) is 0 Å². The fourth-order valence-corrected chi connectivity index (χ4v) is 2.93. The first-order valence-corrected chi connectivity index (χ1v) is 8.58. The Morgan fingerprint density at radius 2 is 1.92 bits per heavy atom. The molecule has 6 heteroatoms. The van der Waals surface area contributed by atoms with Crippen molar-refractivity contribution in [2.24, 2.45) is 0 Å². The van der Waals surface area contributed by atoms with E-state index in [0.29, 0.717) is 24.2 Å². The molecule has 0 spiro atoms. The molecule has 1 aliphatic rings. The first kappa shape index (κ1) is 17.7. The number of amides is 3. The third-order valence-corrected chi connectivity index (χ3v) is 4.20. The molecule has 3 rings (SSSR count). The minimum absolute atomic E-state index is 0.0962. The van der Waals surface area contributed by atoms with E-state index in [0.717, 1.165) is 17.7 Å². The summed E-state index contributed by atoms with van der Waals surface area (Å²) in [6, 6.07) is 14.3. The second-order valence-corrected chi connectivity index (χ2v) is 6.30. The molecule has 2 aromatic rings. The number of carbonyl (C=O) groups is 3. The van der Waals surface area contributed by atoms with E-state index in [4.69, 9.17) is 0 Å². The van der Waals surface area contributed by atoms with Crippen molar-refractivity contribution in [1.82, 2.24) is 5.32 Å². The van der Waals surface area contributed by atoms with E-state index in [2.05, 4.69) is 10.6 Å². The number of anilines is 2. The Labute approximate surface area is 152 Å². The van der Waals surface area contributed by atoms with Crippen LogP contribution < -0.4 is 15.5 Å². The molecule has 1 heterocycles. The van der Waals surface area contributed by atoms with Crippen LogP contribution in [0.5, 0.6) is 0 Å². The monoisotopic (exact) mass is 351 g/mol. The predicted molar refractivity (Wildman–Crippen MR) is 100 cm³/mol. The lowest BCUT2D eigenvalue weighted by molar-refractivity contribution is -0.117. The van der Waals surface area contributed by atoms with Crippen LogP contribution in [0.15, 0.2) is 48.5 Å². The van der Waals surface area contributed by atoms with Crippen LogP contribution in [0.25, 0.3) is 0 Å². The molecule has 0 atom stereocenters. The Bertz CT molecular complexity index is 848. The van der Waals surface area contributed by atoms with Crippen LogP contribution in [-0.4, -0.2) is 30.8 Å². The number of nitrogens with one attached hydrogen (secondary N) is 2. The van der Waals surface area contributed by atoms with Gasteiger partial charge in [0.1, 0.15) is 0 Å². The van der Waals surface area contributed by atoms with Crippen molar-refractivity contribution < 1.29 is 14.4 Å². The summed E-state index contributed by atoms with van der Waals surface area (Å²) in [6.07, 6.45) is 1.40. The van der Waals surface area contributed by atoms with Crippen molar-refractivity contribution >= 4 is 29.1 Å². The molecule has 1 aliphatic heterocycles. The van der Waals surface area contributed by atoms with Gasteiger partial charge in [0.25, 0.3) is 5.91 Å². The van der Waals surface area contributed by atoms with E-state index in [9.17, 15) is 14.4 Å². The van der Waals surface area contributed by atoms with Gasteiger partial charge >= 0.3 is 0 Å². The number of benzene rings is 2. The normalized spacial score (nSPS) is 13.6. The standard InChI is InChI=1S/C20H21N3O3/c1-14-5-2-6-15(11-14)20(26)21-13-18(24)22-16-7-3-8-17(12-16)23-10-4-9-19(23)25/h2-3,5-8,11-12H,4,9-10,13H2,1H3,(H,21,26)(H,22,24). The van der Waals surface area contributed by atoms with Gasteiger partial charge in [0, 0.05) is 29.9 Å². The van der Waals surface area contributed by atoms with Crippen LogP contribution >= 0.6 is 0 Å². The van der Waals surface area contributed by atoms with Crippen LogP contribution in [0.3, 0.4) is 0 Å². The zero-order valence-electron chi connectivity index (χ0n) is 14.6. The van der Waals surface area contributed by atoms with Gasteiger partial charge in [-0.05, 0) is 43.7 Å². The lowest BCUT2D eigenvalue weighted by Gasteiger charge is -2.16. The van der Waals surface area contributed by atoms with Crippen molar-refractivity contribution in [2.45, 2.75) is 19.8 Å². The molecule has 1 saturated heterocycles. The molecule has 0 saturated carbocycles. The van der Waals surface area contributed by atoms with Crippen LogP contribution in [-0.2, 0) is 9.59 Å². The summed E-state index contributed by atoms with van der Waals surface area (Å²) in [5.41, 5.74) is 2.87. The molecule has 2 N–H and O–H groups in total. The summed E-state index contributed by atoms with van der Waals surface area (Å²) < 4.78 is 0. The first-order valence-electron chi connectivity index (χ1n) is 8.58. The Morgan fingerprint density at radius 1 is 1.12 bits per heavy atom. The number of hydrogen-bond donors (Lipinski definition) is 2. The van der Waals surface area contributed by atoms with Crippen LogP contribution in [0.2, 0.25) is 0 Å². The van der Waals surface area contributed by atoms with Crippen LogP contribution in [0.4, 0.5) is 11.4 Å². The van der Waals surface area contributed by atoms with Gasteiger partial charge in [-0.2, -0.15) is 0 Å². The smallest absolute Gasteiger partial charge is 0.251 e. The second-order valence-electron chi connectivity index (χ2n) is 6.30. The average molecular weight is 351 g/mol. The SMILES string of the molecule is Cc1cccc(C(=O)NCC(=O)Nc2cccc(N3CCCC3=O)c2)c1. The topological polar surface area (TPSA) is 78.5 Å². The molecular weight excluding hydrogens is 330 g/mol. The molecule has 0 aliphatic carbocycles. The Balaban J connectivity index is 1.56. The largest absolute Gasteiger partial charge is 0.343 e. The lowest BCUT2D eigenvalue weighted by atomic mass is 10.1.